The van der Waals surface area contributed by atoms with E-state index < -0.39 is 66.7 Å². The van der Waals surface area contributed by atoms with Gasteiger partial charge in [0.05, 0.1) is 44.7 Å². The third-order valence-corrected chi connectivity index (χ3v) is 9.59. The zero-order valence-electron chi connectivity index (χ0n) is 29.3. The molecule has 0 bridgehead atoms. The van der Waals surface area contributed by atoms with Crippen molar-refractivity contribution < 1.29 is 61.8 Å². The summed E-state index contributed by atoms with van der Waals surface area (Å²) in [6.07, 6.45) is 3.83. The van der Waals surface area contributed by atoms with Crippen LogP contribution in [0.25, 0.3) is 11.1 Å². The summed E-state index contributed by atoms with van der Waals surface area (Å²) in [5.41, 5.74) is 1.56. The monoisotopic (exact) mass is 732 g/mol. The maximum atomic E-state index is 13.6. The van der Waals surface area contributed by atoms with E-state index in [2.05, 4.69) is 16.9 Å². The number of esters is 4. The topological polar surface area (TPSA) is 177 Å². The Labute approximate surface area is 305 Å². The van der Waals surface area contributed by atoms with Gasteiger partial charge in [-0.3, -0.25) is 14.8 Å². The van der Waals surface area contributed by atoms with Gasteiger partial charge in [0.15, 0.2) is 24.4 Å². The molecule has 53 heavy (non-hydrogen) atoms. The second kappa shape index (κ2) is 16.4. The van der Waals surface area contributed by atoms with Gasteiger partial charge in [-0.25, -0.2) is 14.4 Å². The normalized spacial score (nSPS) is 27.1. The summed E-state index contributed by atoms with van der Waals surface area (Å²) >= 11 is 0. The Hall–Kier alpha value is -4.96. The van der Waals surface area contributed by atoms with Gasteiger partial charge in [-0.1, -0.05) is 31.9 Å². The zero-order chi connectivity index (χ0) is 36.9. The third-order valence-electron chi connectivity index (χ3n) is 9.59. The van der Waals surface area contributed by atoms with E-state index in [1.54, 1.807) is 42.6 Å². The fourth-order valence-electron chi connectivity index (χ4n) is 6.95. The molecule has 15 heteroatoms. The Balaban J connectivity index is 0.974. The fourth-order valence-corrected chi connectivity index (χ4v) is 6.95. The van der Waals surface area contributed by atoms with Crippen molar-refractivity contribution >= 4 is 23.9 Å². The number of methoxy groups -OCH3 is 1. The van der Waals surface area contributed by atoms with E-state index in [0.29, 0.717) is 23.1 Å². The molecule has 15 nitrogen and oxygen atoms in total. The van der Waals surface area contributed by atoms with E-state index in [9.17, 15) is 19.2 Å². The molecule has 0 amide bonds. The van der Waals surface area contributed by atoms with E-state index in [0.717, 1.165) is 19.3 Å². The van der Waals surface area contributed by atoms with Gasteiger partial charge in [-0.2, -0.15) is 0 Å². The molecular weight excluding hydrogens is 692 g/mol. The smallest absolute Gasteiger partial charge is 0.342 e. The maximum Gasteiger partial charge on any atom is 0.342 e. The maximum absolute atomic E-state index is 13.6. The predicted octanol–water partition coefficient (Wildman–Crippen LogP) is 3.52. The van der Waals surface area contributed by atoms with Crippen LogP contribution in [0, 0.1) is 0 Å². The Morgan fingerprint density at radius 3 is 1.85 bits per heavy atom. The van der Waals surface area contributed by atoms with E-state index in [4.69, 9.17) is 42.6 Å². The molecule has 7 rings (SSSR count). The first-order valence-electron chi connectivity index (χ1n) is 17.7. The summed E-state index contributed by atoms with van der Waals surface area (Å²) < 4.78 is 51.9. The molecule has 6 heterocycles. The number of hydrogen-bond acceptors (Lipinski definition) is 15. The van der Waals surface area contributed by atoms with Crippen LogP contribution >= 0.6 is 0 Å². The van der Waals surface area contributed by atoms with Gasteiger partial charge in [0, 0.05) is 42.3 Å². The largest absolute Gasteiger partial charge is 0.495 e. The molecule has 3 aromatic rings. The number of nitrogens with zero attached hydrogens (tertiary/aromatic N) is 2. The van der Waals surface area contributed by atoms with Crippen LogP contribution in [0.2, 0.25) is 0 Å². The molecule has 4 fully saturated rings. The SMILES string of the molecule is CCCCCC(=O)O[C@H]1CO[C@@H]2C(OC(=O)c3cncc(-c4cccc(C(=O)O[C@H]5CO[C@@H]6C(OC(=O)c7cccnc7)CO[C@H]56)c4OC)c3)CO[C@H]12. The van der Waals surface area contributed by atoms with Crippen LogP contribution < -0.4 is 4.74 Å². The van der Waals surface area contributed by atoms with Crippen molar-refractivity contribution in [3.8, 4) is 16.9 Å². The van der Waals surface area contributed by atoms with Gasteiger partial charge in [-0.15, -0.1) is 0 Å². The van der Waals surface area contributed by atoms with Gasteiger partial charge in [0.2, 0.25) is 0 Å². The van der Waals surface area contributed by atoms with Crippen LogP contribution in [0.15, 0.2) is 61.2 Å². The number of unbranched alkanes of at least 4 members (excludes halogenated alkanes) is 2. The standard InChI is InChI=1S/C38H40N2O13/c1-3-4-5-11-30(41)50-26-17-46-33-28(19-47-32(26)33)52-37(43)23-13-22(15-40-16-23)24-9-6-10-25(31(24)45-2)38(44)53-29-20-49-34-27(18-48-35(29)34)51-36(42)21-8-7-12-39-14-21/h6-10,12-16,26-29,32-35H,3-5,11,17-20H2,1-2H3/t26-,27?,28?,29-,32+,33+,34+,35+/m0/s1. The lowest BCUT2D eigenvalue weighted by Crippen LogP contribution is -2.36. The summed E-state index contributed by atoms with van der Waals surface area (Å²) in [6, 6.07) is 9.76. The molecule has 280 valence electrons. The van der Waals surface area contributed by atoms with E-state index in [1.807, 2.05) is 0 Å². The molecular formula is C38H40N2O13. The van der Waals surface area contributed by atoms with E-state index in [1.165, 1.54) is 25.7 Å². The summed E-state index contributed by atoms with van der Waals surface area (Å²) in [5.74, 6) is -1.98. The summed E-state index contributed by atoms with van der Waals surface area (Å²) in [7, 11) is 1.42. The molecule has 4 aliphatic heterocycles. The van der Waals surface area contributed by atoms with Gasteiger partial charge >= 0.3 is 23.9 Å². The molecule has 2 aromatic heterocycles. The van der Waals surface area contributed by atoms with Gasteiger partial charge in [-0.05, 0) is 30.7 Å². The van der Waals surface area contributed by atoms with Crippen LogP contribution in [0.5, 0.6) is 5.75 Å². The Morgan fingerprint density at radius 2 is 1.26 bits per heavy atom. The fraction of sp³-hybridized carbons (Fsp3) is 0.474. The molecule has 4 aliphatic rings. The highest BCUT2D eigenvalue weighted by Gasteiger charge is 2.52. The van der Waals surface area contributed by atoms with Gasteiger partial charge in [0.25, 0.3) is 0 Å². The summed E-state index contributed by atoms with van der Waals surface area (Å²) in [5, 5.41) is 0. The van der Waals surface area contributed by atoms with Gasteiger partial charge in [0.1, 0.15) is 35.7 Å². The number of fused-ring (bicyclic) bond motifs is 2. The minimum atomic E-state index is -0.765. The van der Waals surface area contributed by atoms with Crippen LogP contribution in [-0.4, -0.2) is 116 Å². The highest BCUT2D eigenvalue weighted by atomic mass is 16.7. The van der Waals surface area contributed by atoms with Crippen molar-refractivity contribution in [3.63, 3.8) is 0 Å². The minimum absolute atomic E-state index is 0.0433. The van der Waals surface area contributed by atoms with Crippen molar-refractivity contribution in [3.05, 3.63) is 77.9 Å². The first kappa shape index (κ1) is 36.4. The lowest BCUT2D eigenvalue weighted by Gasteiger charge is -2.19. The number of rotatable bonds is 13. The van der Waals surface area contributed by atoms with Crippen LogP contribution in [0.4, 0.5) is 0 Å². The second-order valence-corrected chi connectivity index (χ2v) is 13.1. The van der Waals surface area contributed by atoms with Crippen molar-refractivity contribution in [2.24, 2.45) is 0 Å². The first-order valence-corrected chi connectivity index (χ1v) is 17.7. The Kier molecular flexibility index (Phi) is 11.2. The summed E-state index contributed by atoms with van der Waals surface area (Å²) in [4.78, 5) is 59.9. The van der Waals surface area contributed by atoms with Crippen molar-refractivity contribution in [1.29, 1.82) is 0 Å². The molecule has 2 unspecified atom stereocenters. The molecule has 1 aromatic carbocycles. The molecule has 0 aliphatic carbocycles. The van der Waals surface area contributed by atoms with Crippen LogP contribution in [0.3, 0.4) is 0 Å². The Morgan fingerprint density at radius 1 is 0.679 bits per heavy atom. The molecule has 0 spiro atoms. The number of pyridine rings is 2. The molecule has 8 atom stereocenters. The summed E-state index contributed by atoms with van der Waals surface area (Å²) in [6.45, 7) is 2.43. The first-order chi connectivity index (χ1) is 25.8. The third kappa shape index (κ3) is 7.88. The average Bonchev–Trinajstić information content (AvgIpc) is 3.97. The highest BCUT2D eigenvalue weighted by Crippen LogP contribution is 2.37. The highest BCUT2D eigenvalue weighted by molar-refractivity contribution is 5.97. The van der Waals surface area contributed by atoms with E-state index in [-0.39, 0.29) is 49.3 Å². The van der Waals surface area contributed by atoms with Crippen molar-refractivity contribution in [2.75, 3.05) is 33.5 Å². The van der Waals surface area contributed by atoms with Gasteiger partial charge < -0.3 is 42.6 Å². The van der Waals surface area contributed by atoms with Crippen LogP contribution in [0.1, 0.15) is 63.7 Å². The van der Waals surface area contributed by atoms with Crippen molar-refractivity contribution in [1.82, 2.24) is 9.97 Å². The van der Waals surface area contributed by atoms with Crippen LogP contribution in [-0.2, 0) is 42.7 Å². The molecule has 0 N–H and O–H groups in total. The second-order valence-electron chi connectivity index (χ2n) is 13.1. The minimum Gasteiger partial charge on any atom is -0.495 e. The molecule has 0 radical (unpaired) electrons. The van der Waals surface area contributed by atoms with Crippen molar-refractivity contribution in [2.45, 2.75) is 81.4 Å². The predicted molar refractivity (Wildman–Crippen MR) is 181 cm³/mol. The number of carbonyl (C=O) groups is 4. The molecule has 0 saturated carbocycles. The zero-order valence-corrected chi connectivity index (χ0v) is 29.3. The lowest BCUT2D eigenvalue weighted by atomic mass is 10.0. The number of ether oxygens (including phenoxy) is 9. The lowest BCUT2D eigenvalue weighted by molar-refractivity contribution is -0.153. The number of hydrogen-bond donors (Lipinski definition) is 0. The molecule has 4 saturated heterocycles. The number of benzene rings is 1. The van der Waals surface area contributed by atoms with E-state index >= 15 is 0 Å². The Bertz CT molecular complexity index is 1810. The number of carbonyl (C=O) groups excluding carboxylic acids is 4. The number of para-hydroxylation sites is 1. The average molecular weight is 733 g/mol. The quantitative estimate of drug-likeness (QED) is 0.142. The number of aromatic nitrogens is 2.